The summed E-state index contributed by atoms with van der Waals surface area (Å²) >= 11 is 0. The highest BCUT2D eigenvalue weighted by Crippen LogP contribution is 1.88. The van der Waals surface area contributed by atoms with Gasteiger partial charge in [0.25, 0.3) is 0 Å². The summed E-state index contributed by atoms with van der Waals surface area (Å²) in [6.07, 6.45) is 0. The third-order valence-corrected chi connectivity index (χ3v) is 1.37. The highest BCUT2D eigenvalue weighted by atomic mass is 16.2. The van der Waals surface area contributed by atoms with E-state index in [0.717, 1.165) is 0 Å². The van der Waals surface area contributed by atoms with Gasteiger partial charge in [0.1, 0.15) is 6.04 Å². The second-order valence-electron chi connectivity index (χ2n) is 2.59. The minimum absolute atomic E-state index is 0.218. The van der Waals surface area contributed by atoms with Crippen molar-refractivity contribution in [3.63, 3.8) is 0 Å². The first-order chi connectivity index (χ1) is 5.49. The van der Waals surface area contributed by atoms with E-state index in [1.165, 1.54) is 7.05 Å². The van der Waals surface area contributed by atoms with Gasteiger partial charge in [-0.15, -0.1) is 0 Å². The van der Waals surface area contributed by atoms with Crippen molar-refractivity contribution in [1.82, 2.24) is 10.6 Å². The molecule has 0 fully saturated rings. The molecule has 0 heterocycles. The molecule has 0 saturated carbocycles. The Morgan fingerprint density at radius 3 is 2.25 bits per heavy atom. The normalized spacial score (nSPS) is 11.6. The number of rotatable bonds is 3. The van der Waals surface area contributed by atoms with Crippen LogP contribution in [0.2, 0.25) is 0 Å². The monoisotopic (exact) mass is 170 g/mol. The van der Waals surface area contributed by atoms with Crippen LogP contribution in [0.25, 0.3) is 0 Å². The Hall–Kier alpha value is -1.32. The van der Waals surface area contributed by atoms with Crippen LogP contribution in [0.5, 0.6) is 0 Å². The average molecular weight is 170 g/mol. The topological polar surface area (TPSA) is 58.2 Å². The fraction of sp³-hybridized carbons (Fsp3) is 0.500. The summed E-state index contributed by atoms with van der Waals surface area (Å²) in [6, 6.07) is -0.515. The van der Waals surface area contributed by atoms with Crippen molar-refractivity contribution in [3.05, 3.63) is 12.2 Å². The van der Waals surface area contributed by atoms with Gasteiger partial charge in [-0.3, -0.25) is 9.59 Å². The van der Waals surface area contributed by atoms with Crippen LogP contribution >= 0.6 is 0 Å². The Morgan fingerprint density at radius 1 is 1.42 bits per heavy atom. The van der Waals surface area contributed by atoms with E-state index in [1.54, 1.807) is 13.8 Å². The fourth-order valence-corrected chi connectivity index (χ4v) is 0.602. The molecule has 0 bridgehead atoms. The molecule has 0 aliphatic carbocycles. The maximum Gasteiger partial charge on any atom is 0.246 e. The zero-order valence-corrected chi connectivity index (χ0v) is 7.60. The summed E-state index contributed by atoms with van der Waals surface area (Å²) in [6.45, 7) is 6.65. The SMILES string of the molecule is C=C(C)C(=O)NC(C)C(=O)NC. The summed E-state index contributed by atoms with van der Waals surface area (Å²) in [5, 5.41) is 4.91. The van der Waals surface area contributed by atoms with Crippen LogP contribution in [0, 0.1) is 0 Å². The van der Waals surface area contributed by atoms with E-state index in [2.05, 4.69) is 17.2 Å². The zero-order valence-electron chi connectivity index (χ0n) is 7.60. The molecule has 12 heavy (non-hydrogen) atoms. The summed E-state index contributed by atoms with van der Waals surface area (Å²) in [5.41, 5.74) is 0.394. The van der Waals surface area contributed by atoms with Crippen molar-refractivity contribution in [2.75, 3.05) is 7.05 Å². The first-order valence-corrected chi connectivity index (χ1v) is 3.67. The van der Waals surface area contributed by atoms with E-state index < -0.39 is 6.04 Å². The molecule has 0 aromatic heterocycles. The van der Waals surface area contributed by atoms with Gasteiger partial charge in [-0.25, -0.2) is 0 Å². The van der Waals surface area contributed by atoms with Crippen LogP contribution in [0.15, 0.2) is 12.2 Å². The van der Waals surface area contributed by atoms with Crippen molar-refractivity contribution < 1.29 is 9.59 Å². The summed E-state index contributed by atoms with van der Waals surface area (Å²) in [7, 11) is 1.52. The van der Waals surface area contributed by atoms with Crippen molar-refractivity contribution in [2.24, 2.45) is 0 Å². The first-order valence-electron chi connectivity index (χ1n) is 3.67. The van der Waals surface area contributed by atoms with Gasteiger partial charge in [0.15, 0.2) is 0 Å². The zero-order chi connectivity index (χ0) is 9.72. The van der Waals surface area contributed by atoms with Crippen LogP contribution < -0.4 is 10.6 Å². The molecule has 0 aliphatic rings. The van der Waals surface area contributed by atoms with Crippen LogP contribution in [0.4, 0.5) is 0 Å². The number of carbonyl (C=O) groups is 2. The standard InChI is InChI=1S/C8H14N2O2/c1-5(2)7(11)10-6(3)8(12)9-4/h6H,1H2,2-4H3,(H,9,12)(H,10,11). The molecule has 0 rings (SSSR count). The molecule has 4 heteroatoms. The molecule has 1 atom stereocenters. The third kappa shape index (κ3) is 3.18. The lowest BCUT2D eigenvalue weighted by atomic mass is 10.2. The fourth-order valence-electron chi connectivity index (χ4n) is 0.602. The summed E-state index contributed by atoms with van der Waals surface area (Å²) in [4.78, 5) is 21.9. The molecule has 2 amide bonds. The van der Waals surface area contributed by atoms with E-state index in [4.69, 9.17) is 0 Å². The van der Waals surface area contributed by atoms with E-state index in [9.17, 15) is 9.59 Å². The maximum absolute atomic E-state index is 11.0. The van der Waals surface area contributed by atoms with E-state index >= 15 is 0 Å². The molecule has 0 spiro atoms. The van der Waals surface area contributed by atoms with E-state index in [0.29, 0.717) is 5.57 Å². The van der Waals surface area contributed by atoms with Gasteiger partial charge in [0.2, 0.25) is 11.8 Å². The lowest BCUT2D eigenvalue weighted by Gasteiger charge is -2.11. The van der Waals surface area contributed by atoms with Crippen LogP contribution in [-0.2, 0) is 9.59 Å². The summed E-state index contributed by atoms with van der Waals surface area (Å²) < 4.78 is 0. The molecule has 2 N–H and O–H groups in total. The Morgan fingerprint density at radius 2 is 1.92 bits per heavy atom. The smallest absolute Gasteiger partial charge is 0.246 e. The lowest BCUT2D eigenvalue weighted by molar-refractivity contribution is -0.126. The minimum Gasteiger partial charge on any atom is -0.357 e. The van der Waals surface area contributed by atoms with Gasteiger partial charge < -0.3 is 10.6 Å². The van der Waals surface area contributed by atoms with Gasteiger partial charge in [0.05, 0.1) is 0 Å². The molecular weight excluding hydrogens is 156 g/mol. The lowest BCUT2D eigenvalue weighted by Crippen LogP contribution is -2.43. The Bertz CT molecular complexity index is 211. The number of carbonyl (C=O) groups excluding carboxylic acids is 2. The predicted octanol–water partition coefficient (Wildman–Crippen LogP) is -0.187. The van der Waals surface area contributed by atoms with Crippen molar-refractivity contribution in [3.8, 4) is 0 Å². The Balaban J connectivity index is 4.01. The number of nitrogens with one attached hydrogen (secondary N) is 2. The minimum atomic E-state index is -0.515. The molecule has 0 aliphatic heterocycles. The van der Waals surface area contributed by atoms with Gasteiger partial charge in [0, 0.05) is 12.6 Å². The van der Waals surface area contributed by atoms with Gasteiger partial charge in [-0.05, 0) is 13.8 Å². The number of amides is 2. The second kappa shape index (κ2) is 4.54. The second-order valence-corrected chi connectivity index (χ2v) is 2.59. The molecule has 0 aromatic rings. The summed E-state index contributed by atoms with van der Waals surface area (Å²) in [5.74, 6) is -0.518. The largest absolute Gasteiger partial charge is 0.357 e. The van der Waals surface area contributed by atoms with Gasteiger partial charge in [-0.1, -0.05) is 6.58 Å². The Labute approximate surface area is 72.0 Å². The molecule has 0 saturated heterocycles. The molecule has 0 aromatic carbocycles. The van der Waals surface area contributed by atoms with E-state index in [-0.39, 0.29) is 11.8 Å². The first kappa shape index (κ1) is 10.7. The Kier molecular flexibility index (Phi) is 4.04. The molecule has 68 valence electrons. The van der Waals surface area contributed by atoms with E-state index in [1.807, 2.05) is 0 Å². The highest BCUT2D eigenvalue weighted by molar-refractivity contribution is 5.95. The van der Waals surface area contributed by atoms with Crippen LogP contribution in [0.1, 0.15) is 13.8 Å². The molecule has 4 nitrogen and oxygen atoms in total. The van der Waals surface area contributed by atoms with Crippen LogP contribution in [0.3, 0.4) is 0 Å². The number of hydrogen-bond donors (Lipinski definition) is 2. The number of hydrogen-bond acceptors (Lipinski definition) is 2. The molecule has 0 radical (unpaired) electrons. The highest BCUT2D eigenvalue weighted by Gasteiger charge is 2.13. The predicted molar refractivity (Wildman–Crippen MR) is 46.5 cm³/mol. The average Bonchev–Trinajstić information content (AvgIpc) is 2.02. The van der Waals surface area contributed by atoms with Crippen LogP contribution in [-0.4, -0.2) is 24.9 Å². The van der Waals surface area contributed by atoms with Crippen molar-refractivity contribution in [1.29, 1.82) is 0 Å². The van der Waals surface area contributed by atoms with Gasteiger partial charge >= 0.3 is 0 Å². The maximum atomic E-state index is 11.0. The molecular formula is C8H14N2O2. The number of likely N-dealkylation sites (N-methyl/N-ethyl adjacent to an activating group) is 1. The van der Waals surface area contributed by atoms with Crippen molar-refractivity contribution in [2.45, 2.75) is 19.9 Å². The third-order valence-electron chi connectivity index (χ3n) is 1.37. The quantitative estimate of drug-likeness (QED) is 0.577. The van der Waals surface area contributed by atoms with Gasteiger partial charge in [-0.2, -0.15) is 0 Å². The molecule has 1 unspecified atom stereocenters. The van der Waals surface area contributed by atoms with Crippen molar-refractivity contribution >= 4 is 11.8 Å².